The van der Waals surface area contributed by atoms with E-state index in [0.29, 0.717) is 29.4 Å². The largest absolute Gasteiger partial charge is 0.508 e. The van der Waals surface area contributed by atoms with Crippen molar-refractivity contribution >= 4 is 17.2 Å². The first kappa shape index (κ1) is 28.9. The molecule has 4 heteroatoms. The number of phenolic OH excluding ortho intramolecular Hbond substituents is 1. The molecule has 3 aliphatic carbocycles. The van der Waals surface area contributed by atoms with Gasteiger partial charge in [0.15, 0.2) is 0 Å². The molecular formula is C33H53NO2S. The zero-order valence-electron chi connectivity index (χ0n) is 23.6. The van der Waals surface area contributed by atoms with Gasteiger partial charge in [0, 0.05) is 6.54 Å². The first-order valence-electron chi connectivity index (χ1n) is 15.7. The smallest absolute Gasteiger partial charge is 0.115 e. The van der Waals surface area contributed by atoms with Crippen LogP contribution in [0.1, 0.15) is 134 Å². The Labute approximate surface area is 232 Å². The van der Waals surface area contributed by atoms with Crippen LogP contribution in [-0.4, -0.2) is 27.9 Å². The number of fused-ring (bicyclic) bond motifs is 5. The van der Waals surface area contributed by atoms with Crippen molar-refractivity contribution in [1.29, 1.82) is 0 Å². The van der Waals surface area contributed by atoms with Crippen LogP contribution in [0.5, 0.6) is 5.75 Å². The molecule has 3 aliphatic rings. The Bertz CT molecular complexity index is 872. The summed E-state index contributed by atoms with van der Waals surface area (Å²) in [5.41, 5.74) is 3.01. The number of thiocarbonyl (C=S) groups is 1. The third-order valence-electron chi connectivity index (χ3n) is 10.4. The molecule has 0 saturated heterocycles. The van der Waals surface area contributed by atoms with Crippen molar-refractivity contribution in [2.75, 3.05) is 6.54 Å². The topological polar surface area (TPSA) is 52.5 Å². The Kier molecular flexibility index (Phi) is 10.8. The summed E-state index contributed by atoms with van der Waals surface area (Å²) < 4.78 is 0. The third-order valence-corrected chi connectivity index (χ3v) is 10.8. The van der Waals surface area contributed by atoms with Gasteiger partial charge in [0.1, 0.15) is 5.75 Å². The van der Waals surface area contributed by atoms with Crippen LogP contribution < -0.4 is 5.32 Å². The molecule has 0 spiro atoms. The van der Waals surface area contributed by atoms with E-state index in [1.165, 1.54) is 94.6 Å². The zero-order chi connectivity index (χ0) is 26.3. The molecule has 208 valence electrons. The van der Waals surface area contributed by atoms with Crippen molar-refractivity contribution in [2.24, 2.45) is 23.2 Å². The molecule has 4 rings (SSSR count). The minimum absolute atomic E-state index is 0.114. The number of phenols is 1. The summed E-state index contributed by atoms with van der Waals surface area (Å²) in [7, 11) is 0. The van der Waals surface area contributed by atoms with Gasteiger partial charge < -0.3 is 15.5 Å². The van der Waals surface area contributed by atoms with Crippen molar-refractivity contribution in [3.63, 3.8) is 0 Å². The summed E-state index contributed by atoms with van der Waals surface area (Å²) in [5, 5.41) is 24.4. The number of aliphatic hydroxyl groups excluding tert-OH is 1. The van der Waals surface area contributed by atoms with E-state index in [1.807, 2.05) is 12.1 Å². The second kappa shape index (κ2) is 13.8. The normalized spacial score (nSPS) is 30.4. The summed E-state index contributed by atoms with van der Waals surface area (Å²) in [6.45, 7) is 5.63. The predicted octanol–water partition coefficient (Wildman–Crippen LogP) is 8.45. The molecule has 3 nitrogen and oxygen atoms in total. The lowest BCUT2D eigenvalue weighted by molar-refractivity contribution is -0.0396. The number of unbranched alkanes of at least 4 members (excludes halogenated alkanes) is 8. The first-order chi connectivity index (χ1) is 17.9. The number of aliphatic hydroxyl groups is 1. The van der Waals surface area contributed by atoms with Crippen LogP contribution in [-0.2, 0) is 6.42 Å². The fourth-order valence-corrected chi connectivity index (χ4v) is 8.52. The van der Waals surface area contributed by atoms with E-state index in [4.69, 9.17) is 12.2 Å². The van der Waals surface area contributed by atoms with Crippen LogP contribution in [0.15, 0.2) is 18.2 Å². The van der Waals surface area contributed by atoms with Gasteiger partial charge in [0.25, 0.3) is 0 Å². The Morgan fingerprint density at radius 3 is 2.49 bits per heavy atom. The second-order valence-corrected chi connectivity index (χ2v) is 13.3. The number of hydrogen-bond donors (Lipinski definition) is 3. The number of rotatable bonds is 14. The van der Waals surface area contributed by atoms with Crippen LogP contribution in [0.4, 0.5) is 0 Å². The highest BCUT2D eigenvalue weighted by Crippen LogP contribution is 2.62. The van der Waals surface area contributed by atoms with Crippen LogP contribution in [0.3, 0.4) is 0 Å². The van der Waals surface area contributed by atoms with Crippen LogP contribution in [0.25, 0.3) is 0 Å². The van der Waals surface area contributed by atoms with Gasteiger partial charge in [-0.2, -0.15) is 0 Å². The molecule has 0 amide bonds. The summed E-state index contributed by atoms with van der Waals surface area (Å²) in [5.74, 6) is 3.09. The standard InChI is InChI=1S/C33H53NO2S/c1-3-4-21-34-31(37)14-12-10-8-6-5-7-9-11-13-24-22-25-23-26(35)15-16-27(25)28-19-20-33(2)29(32(24)28)17-18-30(33)36/h15-16,23-24,28-30,32,35-36H,3-14,17-22H2,1-2H3,(H,34,37)/t24-,28?,29?,30+,32?,33+/m1/s1. The molecule has 1 aromatic rings. The molecule has 3 unspecified atom stereocenters. The molecule has 2 saturated carbocycles. The number of aromatic hydroxyl groups is 1. The summed E-state index contributed by atoms with van der Waals surface area (Å²) >= 11 is 5.43. The predicted molar refractivity (Wildman–Crippen MR) is 159 cm³/mol. The quantitative estimate of drug-likeness (QED) is 0.168. The van der Waals surface area contributed by atoms with E-state index in [-0.39, 0.29) is 11.5 Å². The fourth-order valence-electron chi connectivity index (χ4n) is 8.28. The van der Waals surface area contributed by atoms with Crippen molar-refractivity contribution < 1.29 is 10.2 Å². The van der Waals surface area contributed by atoms with Crippen molar-refractivity contribution in [2.45, 2.75) is 135 Å². The Hall–Kier alpha value is -1.13. The van der Waals surface area contributed by atoms with Gasteiger partial charge in [-0.25, -0.2) is 0 Å². The summed E-state index contributed by atoms with van der Waals surface area (Å²) in [4.78, 5) is 1.06. The highest BCUT2D eigenvalue weighted by molar-refractivity contribution is 7.80. The van der Waals surface area contributed by atoms with E-state index in [9.17, 15) is 10.2 Å². The van der Waals surface area contributed by atoms with Crippen molar-refractivity contribution in [3.8, 4) is 5.75 Å². The molecule has 0 heterocycles. The van der Waals surface area contributed by atoms with Crippen LogP contribution in [0, 0.1) is 23.2 Å². The average molecular weight is 528 g/mol. The number of nitrogens with one attached hydrogen (secondary N) is 1. The summed E-state index contributed by atoms with van der Waals surface area (Å²) in [6.07, 6.45) is 20.9. The molecule has 0 bridgehead atoms. The van der Waals surface area contributed by atoms with Gasteiger partial charge >= 0.3 is 0 Å². The molecule has 0 aromatic heterocycles. The van der Waals surface area contributed by atoms with E-state index in [1.54, 1.807) is 0 Å². The number of hydrogen-bond acceptors (Lipinski definition) is 3. The molecule has 37 heavy (non-hydrogen) atoms. The molecule has 2 fully saturated rings. The maximum atomic E-state index is 10.9. The minimum atomic E-state index is -0.117. The minimum Gasteiger partial charge on any atom is -0.508 e. The lowest BCUT2D eigenvalue weighted by Crippen LogP contribution is -2.47. The third kappa shape index (κ3) is 7.10. The molecule has 3 N–H and O–H groups in total. The van der Waals surface area contributed by atoms with Gasteiger partial charge in [0.05, 0.1) is 11.1 Å². The fraction of sp³-hybridized carbons (Fsp3) is 0.788. The maximum absolute atomic E-state index is 10.9. The van der Waals surface area contributed by atoms with E-state index < -0.39 is 0 Å². The lowest BCUT2D eigenvalue weighted by Gasteiger charge is -2.53. The zero-order valence-corrected chi connectivity index (χ0v) is 24.5. The van der Waals surface area contributed by atoms with Crippen LogP contribution >= 0.6 is 12.2 Å². The first-order valence-corrected chi connectivity index (χ1v) is 16.1. The molecule has 6 atom stereocenters. The maximum Gasteiger partial charge on any atom is 0.115 e. The lowest BCUT2D eigenvalue weighted by atomic mass is 9.52. The average Bonchev–Trinajstić information content (AvgIpc) is 3.19. The number of benzene rings is 1. The Morgan fingerprint density at radius 2 is 1.73 bits per heavy atom. The molecule has 1 aromatic carbocycles. The molecular weight excluding hydrogens is 474 g/mol. The van der Waals surface area contributed by atoms with Crippen LogP contribution in [0.2, 0.25) is 0 Å². The highest BCUT2D eigenvalue weighted by atomic mass is 32.1. The Balaban J connectivity index is 1.19. The Morgan fingerprint density at radius 1 is 1.00 bits per heavy atom. The monoisotopic (exact) mass is 527 g/mol. The highest BCUT2D eigenvalue weighted by Gasteiger charge is 2.56. The molecule has 0 aliphatic heterocycles. The van der Waals surface area contributed by atoms with Gasteiger partial charge in [0.2, 0.25) is 0 Å². The summed E-state index contributed by atoms with van der Waals surface area (Å²) in [6, 6.07) is 6.15. The second-order valence-electron chi connectivity index (χ2n) is 12.8. The van der Waals surface area contributed by atoms with E-state index in [0.717, 1.165) is 37.2 Å². The van der Waals surface area contributed by atoms with Gasteiger partial charge in [-0.15, -0.1) is 0 Å². The molecule has 0 radical (unpaired) electrons. The van der Waals surface area contributed by atoms with Crippen molar-refractivity contribution in [3.05, 3.63) is 29.3 Å². The van der Waals surface area contributed by atoms with E-state index >= 15 is 0 Å². The van der Waals surface area contributed by atoms with Gasteiger partial charge in [-0.3, -0.25) is 0 Å². The van der Waals surface area contributed by atoms with Crippen molar-refractivity contribution in [1.82, 2.24) is 5.32 Å². The van der Waals surface area contributed by atoms with Gasteiger partial charge in [-0.05, 0) is 110 Å². The van der Waals surface area contributed by atoms with E-state index in [2.05, 4.69) is 25.2 Å². The SMILES string of the molecule is CCCCNC(=S)CCCCCCCCCC[C@@H]1Cc2cc(O)ccc2C2CC[C@@]3(C)C(CC[C@@H]3O)C21. The van der Waals surface area contributed by atoms with Gasteiger partial charge in [-0.1, -0.05) is 83.5 Å².